The van der Waals surface area contributed by atoms with E-state index in [0.717, 1.165) is 50.9 Å². The smallest absolute Gasteiger partial charge is 0.267 e. The standard InChI is InChI=1S/C18H16BrN3OS/c1-9-5-6-14(12(19)7-9)21-17(23)16-15(20)11-8-10-3-2-4-13(10)22-18(11)24-16/h5-8H,2-4,20H2,1H3,(H,21,23). The molecule has 24 heavy (non-hydrogen) atoms. The first-order chi connectivity index (χ1) is 11.5. The Hall–Kier alpha value is -1.92. The SMILES string of the molecule is Cc1ccc(NC(=O)c2sc3nc4c(cc3c2N)CCC4)c(Br)c1. The van der Waals surface area contributed by atoms with Crippen LogP contribution in [-0.2, 0) is 12.8 Å². The van der Waals surface area contributed by atoms with Crippen LogP contribution in [0, 0.1) is 6.92 Å². The molecule has 0 bridgehead atoms. The Balaban J connectivity index is 1.70. The molecule has 1 aromatic carbocycles. The number of halogens is 1. The first-order valence-electron chi connectivity index (χ1n) is 7.81. The number of aryl methyl sites for hydroxylation is 3. The van der Waals surface area contributed by atoms with Gasteiger partial charge in [-0.25, -0.2) is 4.98 Å². The van der Waals surface area contributed by atoms with Gasteiger partial charge >= 0.3 is 0 Å². The van der Waals surface area contributed by atoms with E-state index in [-0.39, 0.29) is 5.91 Å². The molecule has 0 unspecified atom stereocenters. The average molecular weight is 402 g/mol. The molecule has 4 rings (SSSR count). The summed E-state index contributed by atoms with van der Waals surface area (Å²) in [5, 5.41) is 3.83. The van der Waals surface area contributed by atoms with Gasteiger partial charge in [0.25, 0.3) is 5.91 Å². The molecule has 4 nitrogen and oxygen atoms in total. The maximum Gasteiger partial charge on any atom is 0.267 e. The van der Waals surface area contributed by atoms with Gasteiger partial charge in [-0.1, -0.05) is 6.07 Å². The number of anilines is 2. The average Bonchev–Trinajstić information content (AvgIpc) is 3.12. The lowest BCUT2D eigenvalue weighted by atomic mass is 10.1. The van der Waals surface area contributed by atoms with Gasteiger partial charge in [0, 0.05) is 15.6 Å². The Kier molecular flexibility index (Phi) is 3.81. The van der Waals surface area contributed by atoms with Crippen LogP contribution in [0.3, 0.4) is 0 Å². The fourth-order valence-electron chi connectivity index (χ4n) is 3.07. The monoisotopic (exact) mass is 401 g/mol. The normalized spacial score (nSPS) is 13.2. The first kappa shape index (κ1) is 15.6. The van der Waals surface area contributed by atoms with E-state index < -0.39 is 0 Å². The van der Waals surface area contributed by atoms with Crippen molar-refractivity contribution >= 4 is 54.8 Å². The van der Waals surface area contributed by atoms with E-state index in [0.29, 0.717) is 10.6 Å². The number of amides is 1. The van der Waals surface area contributed by atoms with Gasteiger partial charge in [0.05, 0.1) is 11.4 Å². The third kappa shape index (κ3) is 2.59. The van der Waals surface area contributed by atoms with Gasteiger partial charge in [-0.05, 0) is 71.4 Å². The van der Waals surface area contributed by atoms with Crippen LogP contribution in [0.4, 0.5) is 11.4 Å². The minimum absolute atomic E-state index is 0.194. The summed E-state index contributed by atoms with van der Waals surface area (Å²) in [7, 11) is 0. The molecule has 0 fully saturated rings. The van der Waals surface area contributed by atoms with Crippen molar-refractivity contribution in [2.45, 2.75) is 26.2 Å². The highest BCUT2D eigenvalue weighted by Gasteiger charge is 2.21. The molecule has 1 amide bonds. The van der Waals surface area contributed by atoms with Crippen LogP contribution >= 0.6 is 27.3 Å². The number of rotatable bonds is 2. The van der Waals surface area contributed by atoms with Crippen LogP contribution in [-0.4, -0.2) is 10.9 Å². The molecule has 0 atom stereocenters. The van der Waals surface area contributed by atoms with Crippen LogP contribution in [0.5, 0.6) is 0 Å². The number of hydrogen-bond donors (Lipinski definition) is 2. The molecule has 1 aliphatic carbocycles. The van der Waals surface area contributed by atoms with Gasteiger partial charge in [0.1, 0.15) is 9.71 Å². The molecule has 0 saturated carbocycles. The van der Waals surface area contributed by atoms with Crippen molar-refractivity contribution in [3.8, 4) is 0 Å². The number of fused-ring (bicyclic) bond motifs is 2. The van der Waals surface area contributed by atoms with Gasteiger partial charge in [-0.15, -0.1) is 11.3 Å². The third-order valence-electron chi connectivity index (χ3n) is 4.33. The van der Waals surface area contributed by atoms with E-state index in [4.69, 9.17) is 10.7 Å². The Labute approximate surface area is 152 Å². The third-order valence-corrected chi connectivity index (χ3v) is 6.10. The maximum absolute atomic E-state index is 12.7. The van der Waals surface area contributed by atoms with E-state index in [9.17, 15) is 4.79 Å². The van der Waals surface area contributed by atoms with Crippen molar-refractivity contribution in [1.29, 1.82) is 0 Å². The Morgan fingerprint density at radius 1 is 1.33 bits per heavy atom. The Bertz CT molecular complexity index is 980. The number of nitrogen functional groups attached to an aromatic ring is 1. The minimum Gasteiger partial charge on any atom is -0.397 e. The largest absolute Gasteiger partial charge is 0.397 e. The predicted octanol–water partition coefficient (Wildman–Crippen LogP) is 4.69. The lowest BCUT2D eigenvalue weighted by molar-refractivity contribution is 0.103. The quantitative estimate of drug-likeness (QED) is 0.654. The fourth-order valence-corrected chi connectivity index (χ4v) is 4.65. The Morgan fingerprint density at radius 2 is 2.17 bits per heavy atom. The summed E-state index contributed by atoms with van der Waals surface area (Å²) < 4.78 is 0.854. The maximum atomic E-state index is 12.7. The molecule has 122 valence electrons. The topological polar surface area (TPSA) is 68.0 Å². The lowest BCUT2D eigenvalue weighted by Gasteiger charge is -2.07. The molecule has 2 heterocycles. The number of aromatic nitrogens is 1. The zero-order valence-corrected chi connectivity index (χ0v) is 15.6. The molecule has 3 aromatic rings. The van der Waals surface area contributed by atoms with E-state index in [1.165, 1.54) is 16.9 Å². The van der Waals surface area contributed by atoms with E-state index in [1.54, 1.807) is 0 Å². The van der Waals surface area contributed by atoms with Crippen molar-refractivity contribution in [2.75, 3.05) is 11.1 Å². The number of nitrogens with one attached hydrogen (secondary N) is 1. The van der Waals surface area contributed by atoms with Crippen LogP contribution in [0.15, 0.2) is 28.7 Å². The van der Waals surface area contributed by atoms with Gasteiger partial charge in [-0.3, -0.25) is 4.79 Å². The molecule has 0 radical (unpaired) electrons. The zero-order chi connectivity index (χ0) is 16.8. The number of carbonyl (C=O) groups excluding carboxylic acids is 1. The number of nitrogens with zero attached hydrogens (tertiary/aromatic N) is 1. The second kappa shape index (κ2) is 5.86. The van der Waals surface area contributed by atoms with Gasteiger partial charge in [0.15, 0.2) is 0 Å². The number of benzene rings is 1. The van der Waals surface area contributed by atoms with Crippen LogP contribution < -0.4 is 11.1 Å². The van der Waals surface area contributed by atoms with E-state index in [1.807, 2.05) is 25.1 Å². The number of thiophene rings is 1. The van der Waals surface area contributed by atoms with E-state index >= 15 is 0 Å². The summed E-state index contributed by atoms with van der Waals surface area (Å²) in [4.78, 5) is 18.7. The highest BCUT2D eigenvalue weighted by Crippen LogP contribution is 2.36. The highest BCUT2D eigenvalue weighted by atomic mass is 79.9. The molecule has 2 aromatic heterocycles. The van der Waals surface area contributed by atoms with Crippen molar-refractivity contribution in [3.05, 3.63) is 50.4 Å². The number of hydrogen-bond acceptors (Lipinski definition) is 4. The molecule has 3 N–H and O–H groups in total. The summed E-state index contributed by atoms with van der Waals surface area (Å²) in [5.41, 5.74) is 11.0. The molecular weight excluding hydrogens is 386 g/mol. The molecular formula is C18H16BrN3OS. The second-order valence-electron chi connectivity index (χ2n) is 6.08. The number of nitrogens with two attached hydrogens (primary N) is 1. The van der Waals surface area contributed by atoms with E-state index in [2.05, 4.69) is 27.3 Å². The summed E-state index contributed by atoms with van der Waals surface area (Å²) in [6.07, 6.45) is 3.21. The summed E-state index contributed by atoms with van der Waals surface area (Å²) in [6, 6.07) is 7.92. The molecule has 6 heteroatoms. The fraction of sp³-hybridized carbons (Fsp3) is 0.222. The van der Waals surface area contributed by atoms with Crippen molar-refractivity contribution < 1.29 is 4.79 Å². The predicted molar refractivity (Wildman–Crippen MR) is 103 cm³/mol. The van der Waals surface area contributed by atoms with Gasteiger partial charge in [-0.2, -0.15) is 0 Å². The van der Waals surface area contributed by atoms with Gasteiger partial charge in [0.2, 0.25) is 0 Å². The molecule has 0 spiro atoms. The van der Waals surface area contributed by atoms with Crippen molar-refractivity contribution in [2.24, 2.45) is 0 Å². The minimum atomic E-state index is -0.194. The number of pyridine rings is 1. The van der Waals surface area contributed by atoms with Crippen LogP contribution in [0.25, 0.3) is 10.2 Å². The second-order valence-corrected chi connectivity index (χ2v) is 7.94. The summed E-state index contributed by atoms with van der Waals surface area (Å²) >= 11 is 4.85. The summed E-state index contributed by atoms with van der Waals surface area (Å²) in [5.74, 6) is -0.194. The van der Waals surface area contributed by atoms with Gasteiger partial charge < -0.3 is 11.1 Å². The van der Waals surface area contributed by atoms with Crippen molar-refractivity contribution in [3.63, 3.8) is 0 Å². The molecule has 0 aliphatic heterocycles. The molecule has 0 saturated heterocycles. The Morgan fingerprint density at radius 3 is 2.96 bits per heavy atom. The van der Waals surface area contributed by atoms with Crippen LogP contribution in [0.2, 0.25) is 0 Å². The molecule has 1 aliphatic rings. The zero-order valence-electron chi connectivity index (χ0n) is 13.1. The van der Waals surface area contributed by atoms with Crippen molar-refractivity contribution in [1.82, 2.24) is 4.98 Å². The summed E-state index contributed by atoms with van der Waals surface area (Å²) in [6.45, 7) is 2.01. The van der Waals surface area contributed by atoms with Crippen LogP contribution in [0.1, 0.15) is 32.9 Å². The number of carbonyl (C=O) groups is 1. The first-order valence-corrected chi connectivity index (χ1v) is 9.42. The highest BCUT2D eigenvalue weighted by molar-refractivity contribution is 9.10. The lowest BCUT2D eigenvalue weighted by Crippen LogP contribution is -2.12.